The molecule has 166 valence electrons. The highest BCUT2D eigenvalue weighted by Crippen LogP contribution is 2.25. The van der Waals surface area contributed by atoms with Crippen molar-refractivity contribution in [1.29, 1.82) is 0 Å². The first-order chi connectivity index (χ1) is 15.0. The second kappa shape index (κ2) is 12.1. The van der Waals surface area contributed by atoms with Crippen LogP contribution in [0.5, 0.6) is 0 Å². The van der Waals surface area contributed by atoms with Crippen LogP contribution in [0.4, 0.5) is 0 Å². The highest BCUT2D eigenvalue weighted by atomic mass is 15.1. The fourth-order valence-electron chi connectivity index (χ4n) is 3.39. The number of hydrogen-bond donors (Lipinski definition) is 0. The standard InChI is InChI=1S/C18H17N5.C6H14.C2H6/c1-11-4-5-15-14(6-11)18-16(10-21-15)22-17(23(18)3)7-13-9-19-12(2)8-20-13;1-3-5-6-4-2;1-2/h4-6,8-10H,7H2,1-3H3;3-6H2,1-2H3;1-2H3. The third kappa shape index (κ3) is 6.33. The molecule has 0 atom stereocenters. The van der Waals surface area contributed by atoms with E-state index in [2.05, 4.69) is 58.5 Å². The Morgan fingerprint density at radius 1 is 0.839 bits per heavy atom. The molecule has 0 saturated carbocycles. The molecule has 0 aliphatic heterocycles. The molecule has 31 heavy (non-hydrogen) atoms. The molecule has 5 heteroatoms. The number of fused-ring (bicyclic) bond motifs is 3. The normalized spacial score (nSPS) is 10.4. The Morgan fingerprint density at radius 3 is 2.16 bits per heavy atom. The van der Waals surface area contributed by atoms with Gasteiger partial charge in [-0.25, -0.2) is 4.98 Å². The number of rotatable bonds is 5. The van der Waals surface area contributed by atoms with E-state index in [9.17, 15) is 0 Å². The lowest BCUT2D eigenvalue weighted by atomic mass is 10.1. The summed E-state index contributed by atoms with van der Waals surface area (Å²) >= 11 is 0. The topological polar surface area (TPSA) is 56.5 Å². The Balaban J connectivity index is 0.000000372. The smallest absolute Gasteiger partial charge is 0.115 e. The van der Waals surface area contributed by atoms with Crippen molar-refractivity contribution in [3.05, 3.63) is 59.6 Å². The maximum Gasteiger partial charge on any atom is 0.115 e. The monoisotopic (exact) mass is 419 g/mol. The van der Waals surface area contributed by atoms with Crippen molar-refractivity contribution in [3.63, 3.8) is 0 Å². The highest BCUT2D eigenvalue weighted by molar-refractivity contribution is 6.02. The van der Waals surface area contributed by atoms with Crippen molar-refractivity contribution < 1.29 is 0 Å². The molecule has 4 rings (SSSR count). The third-order valence-corrected chi connectivity index (χ3v) is 5.08. The molecule has 0 aliphatic rings. The molecule has 0 fully saturated rings. The van der Waals surface area contributed by atoms with Crippen LogP contribution in [0.3, 0.4) is 0 Å². The second-order valence-corrected chi connectivity index (χ2v) is 7.63. The van der Waals surface area contributed by atoms with Gasteiger partial charge in [0, 0.05) is 31.2 Å². The Labute approximate surface area is 187 Å². The molecule has 0 amide bonds. The van der Waals surface area contributed by atoms with Gasteiger partial charge in [0.1, 0.15) is 11.3 Å². The third-order valence-electron chi connectivity index (χ3n) is 5.08. The molecule has 4 aromatic rings. The number of unbranched alkanes of at least 4 members (excludes halogenated alkanes) is 3. The summed E-state index contributed by atoms with van der Waals surface area (Å²) in [6.45, 7) is 12.5. The maximum atomic E-state index is 4.74. The fourth-order valence-corrected chi connectivity index (χ4v) is 3.39. The van der Waals surface area contributed by atoms with Crippen LogP contribution in [-0.4, -0.2) is 24.5 Å². The van der Waals surface area contributed by atoms with E-state index >= 15 is 0 Å². The molecule has 0 aliphatic carbocycles. The lowest BCUT2D eigenvalue weighted by molar-refractivity contribution is 0.702. The largest absolute Gasteiger partial charge is 0.330 e. The molecule has 5 nitrogen and oxygen atoms in total. The van der Waals surface area contributed by atoms with Gasteiger partial charge in [-0.1, -0.05) is 65.0 Å². The van der Waals surface area contributed by atoms with Gasteiger partial charge in [-0.05, 0) is 26.0 Å². The van der Waals surface area contributed by atoms with Crippen molar-refractivity contribution in [2.24, 2.45) is 7.05 Å². The van der Waals surface area contributed by atoms with E-state index in [0.717, 1.165) is 39.1 Å². The first-order valence-electron chi connectivity index (χ1n) is 11.5. The van der Waals surface area contributed by atoms with E-state index in [1.807, 2.05) is 40.2 Å². The lowest BCUT2D eigenvalue weighted by Crippen LogP contribution is -2.02. The van der Waals surface area contributed by atoms with Gasteiger partial charge in [0.05, 0.1) is 28.6 Å². The van der Waals surface area contributed by atoms with E-state index in [1.165, 1.54) is 31.2 Å². The molecular weight excluding hydrogens is 382 g/mol. The van der Waals surface area contributed by atoms with Gasteiger partial charge >= 0.3 is 0 Å². The number of aryl methyl sites for hydroxylation is 3. The molecule has 0 spiro atoms. The Bertz CT molecular complexity index is 1080. The van der Waals surface area contributed by atoms with Crippen molar-refractivity contribution in [2.75, 3.05) is 0 Å². The van der Waals surface area contributed by atoms with Crippen LogP contribution in [0.2, 0.25) is 0 Å². The molecule has 0 unspecified atom stereocenters. The number of nitrogens with zero attached hydrogens (tertiary/aromatic N) is 5. The van der Waals surface area contributed by atoms with E-state index in [4.69, 9.17) is 4.98 Å². The van der Waals surface area contributed by atoms with Gasteiger partial charge in [-0.3, -0.25) is 15.0 Å². The summed E-state index contributed by atoms with van der Waals surface area (Å²) in [5.41, 5.74) is 6.09. The van der Waals surface area contributed by atoms with Crippen LogP contribution in [0.25, 0.3) is 21.9 Å². The zero-order valence-corrected chi connectivity index (χ0v) is 20.2. The highest BCUT2D eigenvalue weighted by Gasteiger charge is 2.13. The Morgan fingerprint density at radius 2 is 1.55 bits per heavy atom. The average molecular weight is 420 g/mol. The van der Waals surface area contributed by atoms with Crippen LogP contribution in [0.15, 0.2) is 36.8 Å². The predicted octanol–water partition coefficient (Wildman–Crippen LogP) is 6.73. The summed E-state index contributed by atoms with van der Waals surface area (Å²) < 4.78 is 2.14. The Kier molecular flexibility index (Phi) is 9.57. The molecule has 3 aromatic heterocycles. The maximum absolute atomic E-state index is 4.74. The fraction of sp³-hybridized carbons (Fsp3) is 0.462. The SMILES string of the molecule is CC.CCCCCC.Cc1ccc2ncc3nc(Cc4cnc(C)cn4)n(C)c3c2c1. The van der Waals surface area contributed by atoms with Gasteiger partial charge in [0.15, 0.2) is 0 Å². The summed E-state index contributed by atoms with van der Waals surface area (Å²) in [7, 11) is 2.05. The molecule has 3 heterocycles. The second-order valence-electron chi connectivity index (χ2n) is 7.63. The summed E-state index contributed by atoms with van der Waals surface area (Å²) in [5, 5.41) is 1.14. The van der Waals surface area contributed by atoms with Gasteiger partial charge < -0.3 is 4.57 Å². The number of aromatic nitrogens is 5. The molecule has 0 bridgehead atoms. The first kappa shape index (κ1) is 24.4. The average Bonchev–Trinajstić information content (AvgIpc) is 3.11. The zero-order chi connectivity index (χ0) is 22.8. The van der Waals surface area contributed by atoms with Crippen molar-refractivity contribution in [1.82, 2.24) is 24.5 Å². The zero-order valence-electron chi connectivity index (χ0n) is 20.2. The molecule has 1 aromatic carbocycles. The van der Waals surface area contributed by atoms with Gasteiger partial charge in [0.25, 0.3) is 0 Å². The van der Waals surface area contributed by atoms with Crippen molar-refractivity contribution >= 4 is 21.9 Å². The van der Waals surface area contributed by atoms with E-state index in [1.54, 1.807) is 6.20 Å². The van der Waals surface area contributed by atoms with Crippen LogP contribution in [0, 0.1) is 13.8 Å². The molecular formula is C26H37N5. The molecule has 0 radical (unpaired) electrons. The molecule has 0 N–H and O–H groups in total. The minimum atomic E-state index is 0.659. The minimum Gasteiger partial charge on any atom is -0.330 e. The molecule has 0 saturated heterocycles. The van der Waals surface area contributed by atoms with Gasteiger partial charge in [0.2, 0.25) is 0 Å². The predicted molar refractivity (Wildman–Crippen MR) is 131 cm³/mol. The van der Waals surface area contributed by atoms with Crippen LogP contribution >= 0.6 is 0 Å². The first-order valence-corrected chi connectivity index (χ1v) is 11.5. The lowest BCUT2D eigenvalue weighted by Gasteiger charge is -2.05. The summed E-state index contributed by atoms with van der Waals surface area (Å²) in [4.78, 5) is 18.0. The van der Waals surface area contributed by atoms with Crippen molar-refractivity contribution in [3.8, 4) is 0 Å². The minimum absolute atomic E-state index is 0.659. The van der Waals surface area contributed by atoms with Crippen LogP contribution in [0.1, 0.15) is 76.2 Å². The summed E-state index contributed by atoms with van der Waals surface area (Å²) in [6.07, 6.45) is 11.6. The van der Waals surface area contributed by atoms with Crippen LogP contribution in [-0.2, 0) is 13.5 Å². The van der Waals surface area contributed by atoms with E-state index < -0.39 is 0 Å². The quantitative estimate of drug-likeness (QED) is 0.336. The number of imidazole rings is 1. The van der Waals surface area contributed by atoms with Gasteiger partial charge in [-0.15, -0.1) is 0 Å². The Hall–Kier alpha value is -2.82. The number of benzene rings is 1. The van der Waals surface area contributed by atoms with E-state index in [-0.39, 0.29) is 0 Å². The number of pyridine rings is 1. The van der Waals surface area contributed by atoms with Crippen LogP contribution < -0.4 is 0 Å². The summed E-state index contributed by atoms with van der Waals surface area (Å²) in [5.74, 6) is 0.967. The van der Waals surface area contributed by atoms with E-state index in [0.29, 0.717) is 6.42 Å². The number of hydrogen-bond acceptors (Lipinski definition) is 4. The summed E-state index contributed by atoms with van der Waals surface area (Å²) in [6, 6.07) is 6.31. The van der Waals surface area contributed by atoms with Gasteiger partial charge in [-0.2, -0.15) is 0 Å². The van der Waals surface area contributed by atoms with Crippen molar-refractivity contribution in [2.45, 2.75) is 73.6 Å².